The first-order valence-corrected chi connectivity index (χ1v) is 11.3. The molecule has 0 radical (unpaired) electrons. The summed E-state index contributed by atoms with van der Waals surface area (Å²) in [5, 5.41) is 8.09. The lowest BCUT2D eigenvalue weighted by Gasteiger charge is -2.13. The van der Waals surface area contributed by atoms with Gasteiger partial charge in [0.15, 0.2) is 0 Å². The summed E-state index contributed by atoms with van der Waals surface area (Å²) in [5.41, 5.74) is 2.11. The topological polar surface area (TPSA) is 126 Å². The first-order chi connectivity index (χ1) is 15.2. The third-order valence-electron chi connectivity index (χ3n) is 4.19. The van der Waals surface area contributed by atoms with Crippen LogP contribution in [0.15, 0.2) is 72.8 Å². The Morgan fingerprint density at radius 3 is 1.97 bits per heavy atom. The number of carbonyl (C=O) groups excluding carboxylic acids is 2. The Labute approximate surface area is 185 Å². The van der Waals surface area contributed by atoms with Crippen molar-refractivity contribution in [2.75, 3.05) is 34.0 Å². The zero-order valence-electron chi connectivity index (χ0n) is 17.4. The van der Waals surface area contributed by atoms with Crippen molar-refractivity contribution in [3.8, 4) is 5.75 Å². The molecule has 0 fully saturated rings. The van der Waals surface area contributed by atoms with Crippen LogP contribution in [0.2, 0.25) is 0 Å². The van der Waals surface area contributed by atoms with Crippen molar-refractivity contribution in [2.45, 2.75) is 0 Å². The highest BCUT2D eigenvalue weighted by atomic mass is 32.2. The number of sulfonamides is 1. The second-order valence-electron chi connectivity index (χ2n) is 6.77. The van der Waals surface area contributed by atoms with Gasteiger partial charge in [0.1, 0.15) is 5.75 Å². The maximum absolute atomic E-state index is 12.6. The van der Waals surface area contributed by atoms with Crippen molar-refractivity contribution < 1.29 is 22.7 Å². The van der Waals surface area contributed by atoms with Gasteiger partial charge in [-0.15, -0.1) is 0 Å². The van der Waals surface area contributed by atoms with Gasteiger partial charge in [-0.05, 0) is 54.6 Å². The lowest BCUT2D eigenvalue weighted by Crippen LogP contribution is -2.19. The van der Waals surface area contributed by atoms with E-state index in [0.717, 1.165) is 6.26 Å². The molecule has 0 saturated carbocycles. The number of ether oxygens (including phenoxy) is 1. The summed E-state index contributed by atoms with van der Waals surface area (Å²) in [5.74, 6) is -0.0848. The molecule has 0 aliphatic rings. The number of amides is 3. The summed E-state index contributed by atoms with van der Waals surface area (Å²) in [4.78, 5) is 24.6. The van der Waals surface area contributed by atoms with Gasteiger partial charge in [-0.2, -0.15) is 0 Å². The summed E-state index contributed by atoms with van der Waals surface area (Å²) in [7, 11) is -2.11. The van der Waals surface area contributed by atoms with E-state index in [2.05, 4.69) is 20.7 Å². The summed E-state index contributed by atoms with van der Waals surface area (Å²) in [6.07, 6.45) is 1.02. The molecular formula is C22H22N4O5S. The molecule has 166 valence electrons. The second-order valence-corrected chi connectivity index (χ2v) is 8.51. The molecule has 0 atom stereocenters. The van der Waals surface area contributed by atoms with Crippen molar-refractivity contribution in [1.29, 1.82) is 0 Å². The molecule has 3 aromatic rings. The predicted octanol–water partition coefficient (Wildman–Crippen LogP) is 3.96. The Bertz CT molecular complexity index is 1210. The summed E-state index contributed by atoms with van der Waals surface area (Å²) >= 11 is 0. The fourth-order valence-corrected chi connectivity index (χ4v) is 3.35. The van der Waals surface area contributed by atoms with Crippen LogP contribution < -0.4 is 25.4 Å². The first kappa shape index (κ1) is 22.6. The number of para-hydroxylation sites is 1. The van der Waals surface area contributed by atoms with E-state index in [9.17, 15) is 18.0 Å². The maximum atomic E-state index is 12.6. The summed E-state index contributed by atoms with van der Waals surface area (Å²) < 4.78 is 30.6. The van der Waals surface area contributed by atoms with Crippen LogP contribution in [0.3, 0.4) is 0 Å². The van der Waals surface area contributed by atoms with Crippen molar-refractivity contribution in [3.05, 3.63) is 78.4 Å². The number of carbonyl (C=O) groups is 2. The minimum atomic E-state index is -3.52. The van der Waals surface area contributed by atoms with Gasteiger partial charge in [0.25, 0.3) is 5.91 Å². The number of urea groups is 1. The Balaban J connectivity index is 1.64. The maximum Gasteiger partial charge on any atom is 0.323 e. The molecule has 0 bridgehead atoms. The zero-order valence-corrected chi connectivity index (χ0v) is 18.2. The second kappa shape index (κ2) is 9.84. The van der Waals surface area contributed by atoms with E-state index < -0.39 is 22.0 Å². The zero-order chi connectivity index (χ0) is 23.1. The molecular weight excluding hydrogens is 432 g/mol. The fraction of sp³-hybridized carbons (Fsp3) is 0.0909. The minimum absolute atomic E-state index is 0.205. The third kappa shape index (κ3) is 6.47. The number of methoxy groups -OCH3 is 1. The van der Waals surface area contributed by atoms with Crippen LogP contribution in [0.25, 0.3) is 0 Å². The van der Waals surface area contributed by atoms with E-state index in [4.69, 9.17) is 4.74 Å². The van der Waals surface area contributed by atoms with Crippen molar-refractivity contribution in [3.63, 3.8) is 0 Å². The molecule has 0 aromatic heterocycles. The number of hydrogen-bond acceptors (Lipinski definition) is 5. The van der Waals surface area contributed by atoms with Gasteiger partial charge in [0.2, 0.25) is 10.0 Å². The van der Waals surface area contributed by atoms with E-state index in [1.165, 1.54) is 13.2 Å². The highest BCUT2D eigenvalue weighted by Gasteiger charge is 2.12. The van der Waals surface area contributed by atoms with Crippen LogP contribution >= 0.6 is 0 Å². The smallest absolute Gasteiger partial charge is 0.323 e. The molecule has 0 heterocycles. The number of anilines is 4. The lowest BCUT2D eigenvalue weighted by atomic mass is 10.2. The van der Waals surface area contributed by atoms with Crippen molar-refractivity contribution >= 4 is 44.7 Å². The molecule has 3 aromatic carbocycles. The number of rotatable bonds is 7. The van der Waals surface area contributed by atoms with Crippen LogP contribution in [0.5, 0.6) is 5.75 Å². The van der Waals surface area contributed by atoms with Crippen molar-refractivity contribution in [1.82, 2.24) is 0 Å². The molecule has 0 aliphatic heterocycles. The molecule has 3 amide bonds. The van der Waals surface area contributed by atoms with E-state index in [0.29, 0.717) is 28.4 Å². The highest BCUT2D eigenvalue weighted by molar-refractivity contribution is 7.92. The molecule has 0 aliphatic carbocycles. The van der Waals surface area contributed by atoms with Crippen LogP contribution in [-0.4, -0.2) is 33.7 Å². The molecule has 4 N–H and O–H groups in total. The minimum Gasteiger partial charge on any atom is -0.495 e. The van der Waals surface area contributed by atoms with Gasteiger partial charge in [0.05, 0.1) is 19.1 Å². The highest BCUT2D eigenvalue weighted by Crippen LogP contribution is 2.28. The van der Waals surface area contributed by atoms with Crippen LogP contribution in [0, 0.1) is 0 Å². The van der Waals surface area contributed by atoms with Gasteiger partial charge in [-0.1, -0.05) is 18.2 Å². The predicted molar refractivity (Wildman–Crippen MR) is 125 cm³/mol. The fourth-order valence-electron chi connectivity index (χ4n) is 2.79. The molecule has 3 rings (SSSR count). The van der Waals surface area contributed by atoms with Crippen molar-refractivity contribution in [2.24, 2.45) is 0 Å². The number of benzene rings is 3. The van der Waals surface area contributed by atoms with Crippen LogP contribution in [0.1, 0.15) is 10.4 Å². The quantitative estimate of drug-likeness (QED) is 0.430. The molecule has 32 heavy (non-hydrogen) atoms. The lowest BCUT2D eigenvalue weighted by molar-refractivity contribution is 0.102. The summed E-state index contributed by atoms with van der Waals surface area (Å²) in [6, 6.07) is 19.5. The largest absolute Gasteiger partial charge is 0.495 e. The third-order valence-corrected chi connectivity index (χ3v) is 4.78. The Hall–Kier alpha value is -4.05. The number of nitrogens with one attached hydrogen (secondary N) is 4. The molecule has 9 nitrogen and oxygen atoms in total. The molecule has 0 spiro atoms. The van der Waals surface area contributed by atoms with Gasteiger partial charge >= 0.3 is 6.03 Å². The monoisotopic (exact) mass is 454 g/mol. The molecule has 10 heteroatoms. The van der Waals surface area contributed by atoms with Crippen LogP contribution in [-0.2, 0) is 10.0 Å². The number of hydrogen-bond donors (Lipinski definition) is 4. The van der Waals surface area contributed by atoms with E-state index >= 15 is 0 Å². The first-order valence-electron chi connectivity index (χ1n) is 9.44. The standard InChI is InChI=1S/C22H22N4O5S/c1-31-20-13-12-18(14-19(20)26-32(2,29)30)23-21(27)15-8-10-17(11-9-15)25-22(28)24-16-6-4-3-5-7-16/h3-14,26H,1-2H3,(H,23,27)(H2,24,25,28). The van der Waals surface area contributed by atoms with Gasteiger partial charge < -0.3 is 20.7 Å². The Morgan fingerprint density at radius 2 is 1.38 bits per heavy atom. The van der Waals surface area contributed by atoms with Crippen LogP contribution in [0.4, 0.5) is 27.5 Å². The molecule has 0 saturated heterocycles. The average molecular weight is 455 g/mol. The van der Waals surface area contributed by atoms with Gasteiger partial charge in [-0.25, -0.2) is 13.2 Å². The molecule has 0 unspecified atom stereocenters. The van der Waals surface area contributed by atoms with E-state index in [1.807, 2.05) is 18.2 Å². The van der Waals surface area contributed by atoms with E-state index in [1.54, 1.807) is 48.5 Å². The SMILES string of the molecule is COc1ccc(NC(=O)c2ccc(NC(=O)Nc3ccccc3)cc2)cc1NS(C)(=O)=O. The van der Waals surface area contributed by atoms with Gasteiger partial charge in [0, 0.05) is 22.6 Å². The normalized spacial score (nSPS) is 10.7. The van der Waals surface area contributed by atoms with Gasteiger partial charge in [-0.3, -0.25) is 9.52 Å². The Kier molecular flexibility index (Phi) is 6.96. The van der Waals surface area contributed by atoms with E-state index in [-0.39, 0.29) is 5.69 Å². The Morgan fingerprint density at radius 1 is 0.781 bits per heavy atom. The average Bonchev–Trinajstić information content (AvgIpc) is 2.74. The summed E-state index contributed by atoms with van der Waals surface area (Å²) in [6.45, 7) is 0.